The van der Waals surface area contributed by atoms with Crippen LogP contribution in [0, 0.1) is 22.7 Å². The number of thioether (sulfide) groups is 1. The largest absolute Gasteiger partial charge is 0.389 e. The van der Waals surface area contributed by atoms with Crippen molar-refractivity contribution in [2.24, 2.45) is 0 Å². The Morgan fingerprint density at radius 3 is 2.68 bits per heavy atom. The summed E-state index contributed by atoms with van der Waals surface area (Å²) in [6.07, 6.45) is 9.65. The zero-order valence-electron chi connectivity index (χ0n) is 23.4. The summed E-state index contributed by atoms with van der Waals surface area (Å²) < 4.78 is 8.14. The van der Waals surface area contributed by atoms with Crippen molar-refractivity contribution in [1.29, 1.82) is 10.5 Å². The third-order valence-electron chi connectivity index (χ3n) is 9.41. The first kappa shape index (κ1) is 26.4. The van der Waals surface area contributed by atoms with Crippen molar-refractivity contribution in [2.75, 3.05) is 25.6 Å². The Morgan fingerprint density at radius 2 is 1.98 bits per heavy atom. The monoisotopic (exact) mass is 585 g/mol. The Morgan fingerprint density at radius 1 is 1.17 bits per heavy atom. The highest BCUT2D eigenvalue weighted by Crippen LogP contribution is 2.55. The molecule has 2 aliphatic carbocycles. The zero-order valence-corrected chi connectivity index (χ0v) is 25.0. The number of aromatic nitrogens is 5. The van der Waals surface area contributed by atoms with Gasteiger partial charge in [0.2, 0.25) is 0 Å². The number of anilines is 1. The molecule has 1 saturated heterocycles. The number of nitrogens with zero attached hydrogens (tertiary/aromatic N) is 8. The lowest BCUT2D eigenvalue weighted by Crippen LogP contribution is -2.35. The van der Waals surface area contributed by atoms with E-state index >= 15 is 0 Å². The van der Waals surface area contributed by atoms with Gasteiger partial charge >= 0.3 is 0 Å². The molecule has 0 amide bonds. The van der Waals surface area contributed by atoms with Crippen LogP contribution in [0.4, 0.5) is 5.00 Å². The smallest absolute Gasteiger partial charge is 0.185 e. The zero-order chi connectivity index (χ0) is 28.5. The summed E-state index contributed by atoms with van der Waals surface area (Å²) in [6.45, 7) is 3.20. The molecule has 3 aliphatic rings. The molecule has 0 aromatic carbocycles. The van der Waals surface area contributed by atoms with Gasteiger partial charge in [-0.2, -0.15) is 15.6 Å². The molecule has 210 valence electrons. The maximum atomic E-state index is 10.0. The van der Waals surface area contributed by atoms with Crippen molar-refractivity contribution in [3.05, 3.63) is 33.0 Å². The molecule has 0 saturated carbocycles. The molecule has 7 rings (SSSR count). The minimum atomic E-state index is -0.407. The number of nitrogen functional groups attached to an aromatic ring is 1. The minimum Gasteiger partial charge on any atom is -0.389 e. The van der Waals surface area contributed by atoms with E-state index < -0.39 is 5.41 Å². The highest BCUT2D eigenvalue weighted by molar-refractivity contribution is 7.98. The molecule has 3 atom stereocenters. The lowest BCUT2D eigenvalue weighted by Gasteiger charge is -2.39. The van der Waals surface area contributed by atoms with E-state index in [1.165, 1.54) is 28.0 Å². The Labute approximate surface area is 246 Å². The summed E-state index contributed by atoms with van der Waals surface area (Å²) in [5, 5.41) is 31.4. The van der Waals surface area contributed by atoms with Crippen LogP contribution in [0.2, 0.25) is 0 Å². The predicted molar refractivity (Wildman–Crippen MR) is 158 cm³/mol. The third-order valence-corrected chi connectivity index (χ3v) is 11.2. The maximum Gasteiger partial charge on any atom is 0.185 e. The number of likely N-dealkylation sites (N-methyl/N-ethyl adjacent to an activating group) is 1. The number of fused-ring (bicyclic) bond motifs is 5. The van der Waals surface area contributed by atoms with Crippen LogP contribution in [0.1, 0.15) is 84.5 Å². The molecule has 0 radical (unpaired) electrons. The molecule has 1 fully saturated rings. The molecule has 1 spiro atoms. The summed E-state index contributed by atoms with van der Waals surface area (Å²) in [5.74, 6) is 1.32. The fraction of sp³-hybridized carbons (Fsp3) is 0.517. The van der Waals surface area contributed by atoms with E-state index in [0.717, 1.165) is 74.8 Å². The summed E-state index contributed by atoms with van der Waals surface area (Å²) in [6, 6.07) is 5.01. The lowest BCUT2D eigenvalue weighted by molar-refractivity contribution is 0.232. The first-order chi connectivity index (χ1) is 19.9. The van der Waals surface area contributed by atoms with Gasteiger partial charge in [0, 0.05) is 16.5 Å². The predicted octanol–water partition coefficient (Wildman–Crippen LogP) is 5.20. The molecule has 4 aromatic rings. The van der Waals surface area contributed by atoms with Gasteiger partial charge in [-0.15, -0.1) is 23.1 Å². The van der Waals surface area contributed by atoms with Crippen molar-refractivity contribution in [3.8, 4) is 23.7 Å². The molecule has 4 aromatic heterocycles. The number of nitriles is 2. The van der Waals surface area contributed by atoms with E-state index in [-0.39, 0.29) is 6.04 Å². The van der Waals surface area contributed by atoms with Crippen LogP contribution < -0.4 is 5.73 Å². The van der Waals surface area contributed by atoms with E-state index in [0.29, 0.717) is 49.9 Å². The van der Waals surface area contributed by atoms with Gasteiger partial charge in [0.05, 0.1) is 22.4 Å². The van der Waals surface area contributed by atoms with E-state index in [9.17, 15) is 10.5 Å². The Hall–Kier alpha value is -3.45. The topological polar surface area (TPSA) is 146 Å². The molecule has 1 aliphatic heterocycles. The summed E-state index contributed by atoms with van der Waals surface area (Å²) in [7, 11) is 2.14. The van der Waals surface area contributed by atoms with Crippen molar-refractivity contribution >= 4 is 39.1 Å². The number of hydrogen-bond acceptors (Lipinski definition) is 11. The molecule has 0 bridgehead atoms. The Kier molecular flexibility index (Phi) is 6.34. The molecule has 41 heavy (non-hydrogen) atoms. The van der Waals surface area contributed by atoms with E-state index in [2.05, 4.69) is 36.2 Å². The number of thiophene rings is 1. The second kappa shape index (κ2) is 9.83. The van der Waals surface area contributed by atoms with E-state index in [1.807, 2.05) is 10.9 Å². The van der Waals surface area contributed by atoms with Crippen molar-refractivity contribution in [2.45, 2.75) is 80.8 Å². The quantitative estimate of drug-likeness (QED) is 0.250. The molecule has 12 heteroatoms. The van der Waals surface area contributed by atoms with Crippen LogP contribution in [0.3, 0.4) is 0 Å². The van der Waals surface area contributed by atoms with Gasteiger partial charge in [0.25, 0.3) is 0 Å². The van der Waals surface area contributed by atoms with Crippen LogP contribution in [0.5, 0.6) is 0 Å². The van der Waals surface area contributed by atoms with Gasteiger partial charge in [0.1, 0.15) is 22.2 Å². The van der Waals surface area contributed by atoms with Gasteiger partial charge in [-0.25, -0.2) is 14.6 Å². The SMILES string of the molecule is CSc1nc(-c2noc3c2CCC[C@@]32CCCc3sc(N)c(C#N)c32)nc2c1c(C#N)nn2[C@@H](C)[C@@H]1CCCN1C. The summed E-state index contributed by atoms with van der Waals surface area (Å²) in [5.41, 5.74) is 10.2. The standard InChI is InChI=1S/C29H31N9OS2/c1-15(19-8-6-12-37(19)2)38-27-21(18(14-31)35-38)28(40-3)34-26(33-27)23-16-7-4-10-29(24(16)39-36-23)11-5-9-20-22(29)17(13-30)25(32)41-20/h15,19H,4-12,32H2,1-3H3/t15-,19-,29-/m0/s1. The molecule has 5 heterocycles. The number of aryl methyl sites for hydroxylation is 1. The van der Waals surface area contributed by atoms with Crippen molar-refractivity contribution in [3.63, 3.8) is 0 Å². The van der Waals surface area contributed by atoms with Crippen LogP contribution in [-0.2, 0) is 18.3 Å². The highest BCUT2D eigenvalue weighted by atomic mass is 32.2. The number of hydrogen-bond donors (Lipinski definition) is 1. The molecule has 0 unspecified atom stereocenters. The number of likely N-dealkylation sites (tertiary alicyclic amines) is 1. The second-order valence-electron chi connectivity index (χ2n) is 11.5. The van der Waals surface area contributed by atoms with Crippen LogP contribution >= 0.6 is 23.1 Å². The van der Waals surface area contributed by atoms with Crippen LogP contribution in [0.15, 0.2) is 9.55 Å². The van der Waals surface area contributed by atoms with Gasteiger partial charge in [-0.1, -0.05) is 5.16 Å². The normalized spacial score (nSPS) is 22.9. The molecular formula is C29H31N9OS2. The fourth-order valence-electron chi connectivity index (χ4n) is 7.55. The number of rotatable bonds is 4. The van der Waals surface area contributed by atoms with Gasteiger partial charge < -0.3 is 15.2 Å². The van der Waals surface area contributed by atoms with Crippen molar-refractivity contribution < 1.29 is 4.52 Å². The van der Waals surface area contributed by atoms with Crippen LogP contribution in [0.25, 0.3) is 22.6 Å². The average Bonchev–Trinajstić information content (AvgIpc) is 3.76. The third kappa shape index (κ3) is 3.77. The second-order valence-corrected chi connectivity index (χ2v) is 13.4. The fourth-order valence-corrected chi connectivity index (χ4v) is 9.28. The van der Waals surface area contributed by atoms with Gasteiger partial charge in [-0.3, -0.25) is 0 Å². The first-order valence-corrected chi connectivity index (χ1v) is 16.2. The Bertz CT molecular complexity index is 1770. The average molecular weight is 586 g/mol. The molecule has 10 nitrogen and oxygen atoms in total. The summed E-state index contributed by atoms with van der Waals surface area (Å²) >= 11 is 3.02. The maximum absolute atomic E-state index is 10.0. The lowest BCUT2D eigenvalue weighted by atomic mass is 9.63. The minimum absolute atomic E-state index is 0.0353. The highest BCUT2D eigenvalue weighted by Gasteiger charge is 2.49. The molecular weight excluding hydrogens is 555 g/mol. The summed E-state index contributed by atoms with van der Waals surface area (Å²) in [4.78, 5) is 13.5. The van der Waals surface area contributed by atoms with Gasteiger partial charge in [0.15, 0.2) is 28.6 Å². The first-order valence-electron chi connectivity index (χ1n) is 14.2. The Balaban J connectivity index is 1.40. The van der Waals surface area contributed by atoms with E-state index in [4.69, 9.17) is 25.3 Å². The van der Waals surface area contributed by atoms with E-state index in [1.54, 1.807) is 0 Å². The van der Waals surface area contributed by atoms with Crippen LogP contribution in [-0.4, -0.2) is 55.7 Å². The number of nitrogens with two attached hydrogens (primary N) is 1. The van der Waals surface area contributed by atoms with Crippen molar-refractivity contribution in [1.82, 2.24) is 29.8 Å². The van der Waals surface area contributed by atoms with Gasteiger partial charge in [-0.05, 0) is 83.7 Å². The molecule has 2 N–H and O–H groups in total.